The minimum absolute atomic E-state index is 0.125. The molecule has 1 aromatic heterocycles. The second-order valence-electron chi connectivity index (χ2n) is 5.70. The van der Waals surface area contributed by atoms with E-state index in [1.165, 1.54) is 0 Å². The monoisotopic (exact) mass is 292 g/mol. The molecule has 2 heterocycles. The normalized spacial score (nSPS) is 17.0. The highest BCUT2D eigenvalue weighted by Gasteiger charge is 2.18. The fraction of sp³-hybridized carbons (Fsp3) is 0.571. The van der Waals surface area contributed by atoms with Gasteiger partial charge in [-0.2, -0.15) is 0 Å². The molecule has 1 aliphatic rings. The van der Waals surface area contributed by atoms with Crippen LogP contribution in [0.5, 0.6) is 0 Å². The highest BCUT2D eigenvalue weighted by Crippen LogP contribution is 2.17. The van der Waals surface area contributed by atoms with Crippen molar-refractivity contribution in [3.05, 3.63) is 23.4 Å². The van der Waals surface area contributed by atoms with Crippen LogP contribution in [0.1, 0.15) is 35.8 Å². The summed E-state index contributed by atoms with van der Waals surface area (Å²) in [6.45, 7) is 7.61. The Morgan fingerprint density at radius 3 is 2.52 bits per heavy atom. The van der Waals surface area contributed by atoms with Crippen LogP contribution in [0.25, 0.3) is 0 Å². The molecule has 21 heavy (non-hydrogen) atoms. The van der Waals surface area contributed by atoms with Crippen molar-refractivity contribution < 1.29 is 4.79 Å². The van der Waals surface area contributed by atoms with E-state index < -0.39 is 0 Å². The maximum atomic E-state index is 12.4. The number of hydrogen-bond donors (Lipinski definition) is 3. The van der Waals surface area contributed by atoms with Crippen molar-refractivity contribution in [3.8, 4) is 0 Å². The first-order valence-corrected chi connectivity index (χ1v) is 7.22. The van der Waals surface area contributed by atoms with Crippen molar-refractivity contribution >= 4 is 11.7 Å². The summed E-state index contributed by atoms with van der Waals surface area (Å²) in [6, 6.07) is 3.48. The fourth-order valence-electron chi connectivity index (χ4n) is 2.18. The van der Waals surface area contributed by atoms with E-state index in [0.29, 0.717) is 11.4 Å². The van der Waals surface area contributed by atoms with Gasteiger partial charge in [0.2, 0.25) is 0 Å². The lowest BCUT2D eigenvalue weighted by Gasteiger charge is -2.32. The average molecular weight is 292 g/mol. The lowest BCUT2D eigenvalue weighted by Crippen LogP contribution is -2.52. The Labute approximate surface area is 125 Å². The number of nitrogens with one attached hydrogen (secondary N) is 2. The summed E-state index contributed by atoms with van der Waals surface area (Å²) in [5.74, 6) is 6.04. The predicted octanol–water partition coefficient (Wildman–Crippen LogP) is 0.383. The van der Waals surface area contributed by atoms with Crippen molar-refractivity contribution in [1.82, 2.24) is 20.3 Å². The first-order valence-electron chi connectivity index (χ1n) is 7.22. The van der Waals surface area contributed by atoms with E-state index in [9.17, 15) is 4.79 Å². The SMILES string of the molecule is CC(C)c1cc(C(=O)NN2CCN(C)CC2)cc(NN)n1. The number of hydrazine groups is 2. The molecule has 4 N–H and O–H groups in total. The number of rotatable bonds is 4. The van der Waals surface area contributed by atoms with Gasteiger partial charge in [0.15, 0.2) is 0 Å². The van der Waals surface area contributed by atoms with Gasteiger partial charge in [-0.15, -0.1) is 0 Å². The van der Waals surface area contributed by atoms with Crippen molar-refractivity contribution in [2.45, 2.75) is 19.8 Å². The Hall–Kier alpha value is -1.70. The number of likely N-dealkylation sites (N-methyl/N-ethyl adjacent to an activating group) is 1. The Balaban J connectivity index is 2.09. The van der Waals surface area contributed by atoms with Gasteiger partial charge in [-0.05, 0) is 25.1 Å². The van der Waals surface area contributed by atoms with Crippen molar-refractivity contribution in [2.75, 3.05) is 38.7 Å². The summed E-state index contributed by atoms with van der Waals surface area (Å²) in [7, 11) is 2.08. The molecule has 0 spiro atoms. The number of anilines is 1. The summed E-state index contributed by atoms with van der Waals surface area (Å²) in [5.41, 5.74) is 6.87. The molecular formula is C14H24N6O. The van der Waals surface area contributed by atoms with E-state index in [0.717, 1.165) is 31.9 Å². The zero-order valence-electron chi connectivity index (χ0n) is 12.9. The Bertz CT molecular complexity index is 496. The largest absolute Gasteiger partial charge is 0.308 e. The molecule has 7 heteroatoms. The maximum absolute atomic E-state index is 12.4. The van der Waals surface area contributed by atoms with E-state index >= 15 is 0 Å². The molecule has 0 saturated carbocycles. The Kier molecular flexibility index (Phi) is 5.11. The van der Waals surface area contributed by atoms with E-state index in [4.69, 9.17) is 5.84 Å². The van der Waals surface area contributed by atoms with E-state index in [1.54, 1.807) is 6.07 Å². The van der Waals surface area contributed by atoms with E-state index in [1.807, 2.05) is 24.9 Å². The maximum Gasteiger partial charge on any atom is 0.265 e. The Morgan fingerprint density at radius 2 is 1.95 bits per heavy atom. The third kappa shape index (κ3) is 4.13. The average Bonchev–Trinajstić information content (AvgIpc) is 2.49. The van der Waals surface area contributed by atoms with Crippen LogP contribution in [0, 0.1) is 0 Å². The van der Waals surface area contributed by atoms with Gasteiger partial charge in [0.1, 0.15) is 5.82 Å². The van der Waals surface area contributed by atoms with Crippen LogP contribution in [0.4, 0.5) is 5.82 Å². The van der Waals surface area contributed by atoms with Crippen LogP contribution in [0.15, 0.2) is 12.1 Å². The van der Waals surface area contributed by atoms with Crippen LogP contribution < -0.4 is 16.7 Å². The van der Waals surface area contributed by atoms with Gasteiger partial charge in [0.05, 0.1) is 0 Å². The van der Waals surface area contributed by atoms with Crippen LogP contribution >= 0.6 is 0 Å². The van der Waals surface area contributed by atoms with Crippen molar-refractivity contribution in [3.63, 3.8) is 0 Å². The molecule has 1 aliphatic heterocycles. The van der Waals surface area contributed by atoms with Crippen LogP contribution in [-0.4, -0.2) is 54.0 Å². The van der Waals surface area contributed by atoms with Gasteiger partial charge in [-0.3, -0.25) is 10.2 Å². The molecule has 0 aromatic carbocycles. The van der Waals surface area contributed by atoms with Crippen LogP contribution in [-0.2, 0) is 0 Å². The summed E-state index contributed by atoms with van der Waals surface area (Å²) in [4.78, 5) is 19.0. The molecule has 0 atom stereocenters. The second-order valence-corrected chi connectivity index (χ2v) is 5.70. The number of nitrogens with zero attached hydrogens (tertiary/aromatic N) is 3. The first kappa shape index (κ1) is 15.7. The summed E-state index contributed by atoms with van der Waals surface area (Å²) >= 11 is 0. The quantitative estimate of drug-likeness (QED) is 0.549. The van der Waals surface area contributed by atoms with Gasteiger partial charge in [-0.1, -0.05) is 13.8 Å². The third-order valence-electron chi connectivity index (χ3n) is 3.61. The first-order chi connectivity index (χ1) is 9.99. The summed E-state index contributed by atoms with van der Waals surface area (Å²) in [6.07, 6.45) is 0. The molecular weight excluding hydrogens is 268 g/mol. The number of piperazine rings is 1. The number of amides is 1. The van der Waals surface area contributed by atoms with Gasteiger partial charge >= 0.3 is 0 Å². The molecule has 1 amide bonds. The fourth-order valence-corrected chi connectivity index (χ4v) is 2.18. The molecule has 2 rings (SSSR count). The minimum atomic E-state index is -0.125. The number of hydrogen-bond acceptors (Lipinski definition) is 6. The number of carbonyl (C=O) groups is 1. The highest BCUT2D eigenvalue weighted by atomic mass is 16.2. The lowest BCUT2D eigenvalue weighted by molar-refractivity contribution is 0.0662. The molecule has 1 saturated heterocycles. The number of pyridine rings is 1. The van der Waals surface area contributed by atoms with Gasteiger partial charge < -0.3 is 10.3 Å². The van der Waals surface area contributed by atoms with Crippen LogP contribution in [0.3, 0.4) is 0 Å². The second kappa shape index (κ2) is 6.84. The number of carbonyl (C=O) groups excluding carboxylic acids is 1. The van der Waals surface area contributed by atoms with Gasteiger partial charge in [0, 0.05) is 37.4 Å². The van der Waals surface area contributed by atoms with Gasteiger partial charge in [-0.25, -0.2) is 15.8 Å². The predicted molar refractivity (Wildman–Crippen MR) is 82.7 cm³/mol. The molecule has 0 aliphatic carbocycles. The molecule has 0 unspecified atom stereocenters. The lowest BCUT2D eigenvalue weighted by atomic mass is 10.1. The Morgan fingerprint density at radius 1 is 1.29 bits per heavy atom. The smallest absolute Gasteiger partial charge is 0.265 e. The number of aromatic nitrogens is 1. The zero-order valence-corrected chi connectivity index (χ0v) is 12.9. The highest BCUT2D eigenvalue weighted by molar-refractivity contribution is 5.94. The minimum Gasteiger partial charge on any atom is -0.308 e. The molecule has 116 valence electrons. The topological polar surface area (TPSA) is 86.5 Å². The molecule has 1 fully saturated rings. The molecule has 0 radical (unpaired) electrons. The van der Waals surface area contributed by atoms with Gasteiger partial charge in [0.25, 0.3) is 5.91 Å². The van der Waals surface area contributed by atoms with Crippen molar-refractivity contribution in [1.29, 1.82) is 0 Å². The molecule has 7 nitrogen and oxygen atoms in total. The van der Waals surface area contributed by atoms with E-state index in [2.05, 4.69) is 27.8 Å². The summed E-state index contributed by atoms with van der Waals surface area (Å²) in [5, 5.41) is 1.95. The standard InChI is InChI=1S/C14H24N6O/c1-10(2)12-8-11(9-13(16-12)17-15)14(21)18-20-6-4-19(3)5-7-20/h8-10H,4-7,15H2,1-3H3,(H,16,17)(H,18,21). The van der Waals surface area contributed by atoms with E-state index in [-0.39, 0.29) is 11.8 Å². The third-order valence-corrected chi connectivity index (χ3v) is 3.61. The van der Waals surface area contributed by atoms with Crippen LogP contribution in [0.2, 0.25) is 0 Å². The zero-order chi connectivity index (χ0) is 15.4. The summed E-state index contributed by atoms with van der Waals surface area (Å²) < 4.78 is 0. The van der Waals surface area contributed by atoms with Crippen molar-refractivity contribution in [2.24, 2.45) is 5.84 Å². The number of nitrogen functional groups attached to an aromatic ring is 1. The molecule has 1 aromatic rings. The molecule has 0 bridgehead atoms. The number of nitrogens with two attached hydrogens (primary N) is 1.